The standard InChI is InChI=1S/C16H22N4OS2/c1-11-5-3-7-14(12(11)2)17-15-18-20(16(22)23-15)10-19-8-4-6-13(21)9-19/h3,5,7,13,21H,4,6,8-10H2,1-2H3,(H,17,18)/t13-/m0/s1. The molecule has 0 spiro atoms. The van der Waals surface area contributed by atoms with Gasteiger partial charge in [-0.15, -0.1) is 5.10 Å². The lowest BCUT2D eigenvalue weighted by molar-refractivity contribution is 0.0516. The third-order valence-electron chi connectivity index (χ3n) is 4.27. The number of piperidine rings is 1. The summed E-state index contributed by atoms with van der Waals surface area (Å²) >= 11 is 6.91. The zero-order chi connectivity index (χ0) is 16.4. The molecule has 2 N–H and O–H groups in total. The number of nitrogens with one attached hydrogen (secondary N) is 1. The number of nitrogens with zero attached hydrogens (tertiary/aromatic N) is 3. The molecule has 1 fully saturated rings. The second-order valence-corrected chi connectivity index (χ2v) is 7.68. The average molecular weight is 351 g/mol. The van der Waals surface area contributed by atoms with Crippen LogP contribution < -0.4 is 5.32 Å². The van der Waals surface area contributed by atoms with Gasteiger partial charge in [0.15, 0.2) is 3.95 Å². The average Bonchev–Trinajstić information content (AvgIpc) is 2.84. The highest BCUT2D eigenvalue weighted by atomic mass is 32.1. The molecule has 1 aromatic heterocycles. The van der Waals surface area contributed by atoms with E-state index >= 15 is 0 Å². The zero-order valence-electron chi connectivity index (χ0n) is 13.5. The molecule has 5 nitrogen and oxygen atoms in total. The quantitative estimate of drug-likeness (QED) is 0.827. The summed E-state index contributed by atoms with van der Waals surface area (Å²) in [6.45, 7) is 6.52. The van der Waals surface area contributed by atoms with E-state index in [9.17, 15) is 5.11 Å². The van der Waals surface area contributed by atoms with E-state index in [1.54, 1.807) is 0 Å². The molecule has 1 aliphatic rings. The molecule has 23 heavy (non-hydrogen) atoms. The van der Waals surface area contributed by atoms with E-state index < -0.39 is 0 Å². The van der Waals surface area contributed by atoms with Gasteiger partial charge in [0.25, 0.3) is 0 Å². The van der Waals surface area contributed by atoms with E-state index in [1.807, 2.05) is 10.7 Å². The Balaban J connectivity index is 1.73. The van der Waals surface area contributed by atoms with Gasteiger partial charge in [-0.1, -0.05) is 23.5 Å². The predicted molar refractivity (Wildman–Crippen MR) is 97.0 cm³/mol. The Labute approximate surface area is 145 Å². The Morgan fingerprint density at radius 1 is 1.43 bits per heavy atom. The van der Waals surface area contributed by atoms with E-state index in [4.69, 9.17) is 12.2 Å². The molecule has 0 unspecified atom stereocenters. The van der Waals surface area contributed by atoms with Crippen molar-refractivity contribution in [3.8, 4) is 0 Å². The lowest BCUT2D eigenvalue weighted by Crippen LogP contribution is -2.39. The third kappa shape index (κ3) is 3.98. The van der Waals surface area contributed by atoms with Crippen LogP contribution in [0.1, 0.15) is 24.0 Å². The molecule has 1 saturated heterocycles. The van der Waals surface area contributed by atoms with Crippen LogP contribution in [-0.4, -0.2) is 39.0 Å². The number of aromatic nitrogens is 2. The van der Waals surface area contributed by atoms with Crippen molar-refractivity contribution in [3.63, 3.8) is 0 Å². The third-order valence-corrected chi connectivity index (χ3v) is 5.49. The highest BCUT2D eigenvalue weighted by Crippen LogP contribution is 2.25. The summed E-state index contributed by atoms with van der Waals surface area (Å²) in [6.07, 6.45) is 1.68. The molecule has 0 radical (unpaired) electrons. The first-order valence-corrected chi connectivity index (χ1v) is 9.07. The number of β-amino-alcohol motifs (C(OH)–C–C–N with tert-alkyl or cyclic N) is 1. The van der Waals surface area contributed by atoms with E-state index in [0.717, 1.165) is 34.2 Å². The summed E-state index contributed by atoms with van der Waals surface area (Å²) in [4.78, 5) is 2.20. The van der Waals surface area contributed by atoms with Crippen LogP contribution in [0.25, 0.3) is 0 Å². The highest BCUT2D eigenvalue weighted by molar-refractivity contribution is 7.73. The van der Waals surface area contributed by atoms with Gasteiger partial charge in [-0.3, -0.25) is 4.90 Å². The Kier molecular flexibility index (Phi) is 5.11. The minimum absolute atomic E-state index is 0.232. The van der Waals surface area contributed by atoms with Gasteiger partial charge in [-0.2, -0.15) is 0 Å². The van der Waals surface area contributed by atoms with Crippen molar-refractivity contribution < 1.29 is 5.11 Å². The fraction of sp³-hybridized carbons (Fsp3) is 0.500. The Bertz CT molecular complexity index is 740. The molecular formula is C16H22N4OS2. The van der Waals surface area contributed by atoms with Gasteiger partial charge in [-0.25, -0.2) is 4.68 Å². The number of hydrogen-bond acceptors (Lipinski definition) is 6. The SMILES string of the molecule is Cc1cccc(Nc2nn(CN3CCC[C@H](O)C3)c(=S)s2)c1C. The normalized spacial score (nSPS) is 19.0. The van der Waals surface area contributed by atoms with Crippen molar-refractivity contribution in [1.82, 2.24) is 14.7 Å². The summed E-state index contributed by atoms with van der Waals surface area (Å²) in [5.74, 6) is 0. The number of anilines is 2. The van der Waals surface area contributed by atoms with E-state index in [0.29, 0.717) is 13.2 Å². The van der Waals surface area contributed by atoms with Crippen molar-refractivity contribution in [1.29, 1.82) is 0 Å². The molecule has 1 aromatic carbocycles. The highest BCUT2D eigenvalue weighted by Gasteiger charge is 2.18. The van der Waals surface area contributed by atoms with Gasteiger partial charge in [0.05, 0.1) is 12.8 Å². The van der Waals surface area contributed by atoms with E-state index in [1.165, 1.54) is 22.5 Å². The van der Waals surface area contributed by atoms with Crippen LogP contribution in [0.15, 0.2) is 18.2 Å². The Morgan fingerprint density at radius 2 is 2.26 bits per heavy atom. The van der Waals surface area contributed by atoms with Crippen molar-refractivity contribution in [2.45, 2.75) is 39.5 Å². The number of aliphatic hydroxyl groups is 1. The largest absolute Gasteiger partial charge is 0.392 e. The molecule has 0 saturated carbocycles. The first-order chi connectivity index (χ1) is 11.0. The fourth-order valence-corrected chi connectivity index (χ4v) is 3.80. The summed E-state index contributed by atoms with van der Waals surface area (Å²) < 4.78 is 2.59. The van der Waals surface area contributed by atoms with Crippen molar-refractivity contribution in [2.24, 2.45) is 0 Å². The number of rotatable bonds is 4. The van der Waals surface area contributed by atoms with Gasteiger partial charge >= 0.3 is 0 Å². The predicted octanol–water partition coefficient (Wildman–Crippen LogP) is 3.45. The number of likely N-dealkylation sites (tertiary alicyclic amines) is 1. The summed E-state index contributed by atoms with van der Waals surface area (Å²) in [5, 5.41) is 18.5. The molecule has 0 bridgehead atoms. The Hall–Kier alpha value is -1.28. The molecular weight excluding hydrogens is 328 g/mol. The fourth-order valence-electron chi connectivity index (χ4n) is 2.80. The molecule has 2 aromatic rings. The topological polar surface area (TPSA) is 53.3 Å². The molecule has 1 atom stereocenters. The minimum Gasteiger partial charge on any atom is -0.392 e. The van der Waals surface area contributed by atoms with Gasteiger partial charge in [-0.05, 0) is 56.1 Å². The smallest absolute Gasteiger partial charge is 0.209 e. The number of aliphatic hydroxyl groups excluding tert-OH is 1. The van der Waals surface area contributed by atoms with Crippen LogP contribution >= 0.6 is 23.6 Å². The van der Waals surface area contributed by atoms with Crippen LogP contribution in [0.3, 0.4) is 0 Å². The molecule has 7 heteroatoms. The van der Waals surface area contributed by atoms with Gasteiger partial charge in [0.2, 0.25) is 5.13 Å². The molecule has 3 rings (SSSR count). The summed E-state index contributed by atoms with van der Waals surface area (Å²) in [5.41, 5.74) is 3.54. The Morgan fingerprint density at radius 3 is 3.04 bits per heavy atom. The van der Waals surface area contributed by atoms with Crippen molar-refractivity contribution in [2.75, 3.05) is 18.4 Å². The maximum atomic E-state index is 9.78. The van der Waals surface area contributed by atoms with Crippen LogP contribution in [0.4, 0.5) is 10.8 Å². The van der Waals surface area contributed by atoms with E-state index in [-0.39, 0.29) is 6.10 Å². The van der Waals surface area contributed by atoms with Gasteiger partial charge in [0.1, 0.15) is 0 Å². The first-order valence-electron chi connectivity index (χ1n) is 7.84. The van der Waals surface area contributed by atoms with Crippen LogP contribution in [0.2, 0.25) is 0 Å². The van der Waals surface area contributed by atoms with Crippen LogP contribution in [0, 0.1) is 17.8 Å². The van der Waals surface area contributed by atoms with Crippen LogP contribution in [0.5, 0.6) is 0 Å². The number of aryl methyl sites for hydroxylation is 1. The second kappa shape index (κ2) is 7.09. The van der Waals surface area contributed by atoms with Crippen molar-refractivity contribution in [3.05, 3.63) is 33.3 Å². The van der Waals surface area contributed by atoms with Crippen molar-refractivity contribution >= 4 is 34.4 Å². The monoisotopic (exact) mass is 350 g/mol. The maximum absolute atomic E-state index is 9.78. The number of hydrogen-bond donors (Lipinski definition) is 2. The summed E-state index contributed by atoms with van der Waals surface area (Å²) in [7, 11) is 0. The molecule has 0 aliphatic carbocycles. The number of benzene rings is 1. The molecule has 2 heterocycles. The molecule has 1 aliphatic heterocycles. The van der Waals surface area contributed by atoms with Gasteiger partial charge in [0, 0.05) is 18.8 Å². The summed E-state index contributed by atoms with van der Waals surface area (Å²) in [6, 6.07) is 6.19. The zero-order valence-corrected chi connectivity index (χ0v) is 15.1. The van der Waals surface area contributed by atoms with Gasteiger partial charge < -0.3 is 10.4 Å². The van der Waals surface area contributed by atoms with E-state index in [2.05, 4.69) is 41.3 Å². The lowest BCUT2D eigenvalue weighted by Gasteiger charge is -2.29. The first kappa shape index (κ1) is 16.6. The maximum Gasteiger partial charge on any atom is 0.209 e. The minimum atomic E-state index is -0.232. The lowest BCUT2D eigenvalue weighted by atomic mass is 10.1. The van der Waals surface area contributed by atoms with Crippen LogP contribution in [-0.2, 0) is 6.67 Å². The molecule has 124 valence electrons. The second-order valence-electron chi connectivity index (χ2n) is 6.06. The molecule has 0 amide bonds.